The minimum Gasteiger partial charge on any atom is -0.309 e. The minimum absolute atomic E-state index is 1.07. The first kappa shape index (κ1) is 36.8. The molecule has 0 saturated carbocycles. The van der Waals surface area contributed by atoms with Crippen molar-refractivity contribution >= 4 is 38.9 Å². The van der Waals surface area contributed by atoms with Gasteiger partial charge in [-0.1, -0.05) is 218 Å². The first-order valence-corrected chi connectivity index (χ1v) is 21.3. The summed E-state index contributed by atoms with van der Waals surface area (Å²) in [4.78, 5) is 2.47. The van der Waals surface area contributed by atoms with Gasteiger partial charge < -0.3 is 9.47 Å². The highest BCUT2D eigenvalue weighted by atomic mass is 15.1. The first-order valence-electron chi connectivity index (χ1n) is 21.3. The summed E-state index contributed by atoms with van der Waals surface area (Å²) in [5, 5.41) is 2.43. The summed E-state index contributed by atoms with van der Waals surface area (Å²) in [7, 11) is 0. The molecule has 0 unspecified atom stereocenters. The molecule has 0 atom stereocenters. The zero-order chi connectivity index (χ0) is 41.2. The van der Waals surface area contributed by atoms with E-state index in [0.717, 1.165) is 50.5 Å². The van der Waals surface area contributed by atoms with Gasteiger partial charge in [-0.25, -0.2) is 0 Å². The zero-order valence-electron chi connectivity index (χ0n) is 34.1. The Hall–Kier alpha value is -8.20. The fourth-order valence-corrected chi connectivity index (χ4v) is 9.07. The van der Waals surface area contributed by atoms with E-state index >= 15 is 0 Å². The molecule has 2 heteroatoms. The van der Waals surface area contributed by atoms with Gasteiger partial charge in [0.15, 0.2) is 0 Å². The standard InChI is InChI=1S/C60H42N2/c1-5-18-43(19-6-1)45-32-34-49(35-33-45)52-26-13-15-30-57(52)62-58-31-16-14-27-55(58)56-41-40-51(42-59(56)62)61(50-38-36-46(37-39-50)44-20-7-2-8-21-44)60-53(47-22-9-3-10-23-47)28-17-29-54(60)48-24-11-4-12-25-48/h1-42H. The van der Waals surface area contributed by atoms with Gasteiger partial charge in [0, 0.05) is 38.8 Å². The molecule has 11 aromatic rings. The average molecular weight is 791 g/mol. The second-order valence-electron chi connectivity index (χ2n) is 15.7. The smallest absolute Gasteiger partial charge is 0.0618 e. The highest BCUT2D eigenvalue weighted by Crippen LogP contribution is 2.48. The molecule has 11 rings (SSSR count). The number of anilines is 3. The maximum Gasteiger partial charge on any atom is 0.0618 e. The van der Waals surface area contributed by atoms with Crippen LogP contribution in [0.5, 0.6) is 0 Å². The molecule has 2 nitrogen and oxygen atoms in total. The number of para-hydroxylation sites is 3. The molecule has 0 bridgehead atoms. The summed E-state index contributed by atoms with van der Waals surface area (Å²) in [5.74, 6) is 0. The predicted molar refractivity (Wildman–Crippen MR) is 263 cm³/mol. The molecule has 1 heterocycles. The summed E-state index contributed by atoms with van der Waals surface area (Å²) < 4.78 is 2.46. The average Bonchev–Trinajstić information content (AvgIpc) is 3.69. The Morgan fingerprint density at radius 1 is 0.258 bits per heavy atom. The highest BCUT2D eigenvalue weighted by Gasteiger charge is 2.24. The van der Waals surface area contributed by atoms with E-state index in [0.29, 0.717) is 0 Å². The van der Waals surface area contributed by atoms with Gasteiger partial charge in [0.25, 0.3) is 0 Å². The lowest BCUT2D eigenvalue weighted by atomic mass is 9.94. The molecule has 62 heavy (non-hydrogen) atoms. The monoisotopic (exact) mass is 790 g/mol. The third kappa shape index (κ3) is 6.74. The van der Waals surface area contributed by atoms with Crippen LogP contribution in [-0.4, -0.2) is 4.57 Å². The van der Waals surface area contributed by atoms with Crippen molar-refractivity contribution in [1.82, 2.24) is 4.57 Å². The fraction of sp³-hybridized carbons (Fsp3) is 0. The van der Waals surface area contributed by atoms with E-state index in [9.17, 15) is 0 Å². The van der Waals surface area contributed by atoms with Gasteiger partial charge >= 0.3 is 0 Å². The Labute approximate surface area is 362 Å². The third-order valence-electron chi connectivity index (χ3n) is 12.0. The van der Waals surface area contributed by atoms with E-state index in [4.69, 9.17) is 0 Å². The van der Waals surface area contributed by atoms with E-state index < -0.39 is 0 Å². The molecule has 10 aromatic carbocycles. The summed E-state index contributed by atoms with van der Waals surface area (Å²) >= 11 is 0. The third-order valence-corrected chi connectivity index (χ3v) is 12.0. The van der Waals surface area contributed by atoms with Crippen molar-refractivity contribution in [2.45, 2.75) is 0 Å². The Kier molecular flexibility index (Phi) is 9.57. The number of aromatic nitrogens is 1. The van der Waals surface area contributed by atoms with Gasteiger partial charge in [-0.3, -0.25) is 0 Å². The van der Waals surface area contributed by atoms with E-state index in [2.05, 4.69) is 264 Å². The molecule has 0 amide bonds. The van der Waals surface area contributed by atoms with Crippen LogP contribution in [0.1, 0.15) is 0 Å². The maximum atomic E-state index is 2.47. The van der Waals surface area contributed by atoms with E-state index in [-0.39, 0.29) is 0 Å². The number of hydrogen-bond acceptors (Lipinski definition) is 1. The Morgan fingerprint density at radius 2 is 0.661 bits per heavy atom. The van der Waals surface area contributed by atoms with Gasteiger partial charge in [0.05, 0.1) is 22.4 Å². The minimum atomic E-state index is 1.07. The van der Waals surface area contributed by atoms with Gasteiger partial charge in [-0.15, -0.1) is 0 Å². The topological polar surface area (TPSA) is 8.17 Å². The van der Waals surface area contributed by atoms with Crippen molar-refractivity contribution in [3.63, 3.8) is 0 Å². The summed E-state index contributed by atoms with van der Waals surface area (Å²) in [6.07, 6.45) is 0. The molecular weight excluding hydrogens is 749 g/mol. The Balaban J connectivity index is 1.15. The Bertz CT molecular complexity index is 3240. The van der Waals surface area contributed by atoms with Gasteiger partial charge in [-0.05, 0) is 75.3 Å². The molecule has 0 aliphatic heterocycles. The van der Waals surface area contributed by atoms with Crippen LogP contribution < -0.4 is 4.90 Å². The zero-order valence-corrected chi connectivity index (χ0v) is 34.1. The highest BCUT2D eigenvalue weighted by molar-refractivity contribution is 6.11. The van der Waals surface area contributed by atoms with Crippen molar-refractivity contribution in [2.24, 2.45) is 0 Å². The van der Waals surface area contributed by atoms with Crippen LogP contribution in [-0.2, 0) is 0 Å². The molecular formula is C60H42N2. The number of nitrogens with zero attached hydrogens (tertiary/aromatic N) is 2. The predicted octanol–water partition coefficient (Wildman–Crippen LogP) is 16.6. The van der Waals surface area contributed by atoms with Crippen molar-refractivity contribution in [2.75, 3.05) is 4.90 Å². The van der Waals surface area contributed by atoms with Crippen molar-refractivity contribution in [3.8, 4) is 61.3 Å². The van der Waals surface area contributed by atoms with Crippen LogP contribution in [0.3, 0.4) is 0 Å². The second-order valence-corrected chi connectivity index (χ2v) is 15.7. The summed E-state index contributed by atoms with van der Waals surface area (Å²) in [5.41, 5.74) is 18.5. The van der Waals surface area contributed by atoms with E-state index in [1.165, 1.54) is 49.7 Å². The number of benzene rings is 10. The quantitative estimate of drug-likeness (QED) is 0.141. The van der Waals surface area contributed by atoms with Crippen molar-refractivity contribution < 1.29 is 0 Å². The largest absolute Gasteiger partial charge is 0.309 e. The first-order chi connectivity index (χ1) is 30.8. The normalized spacial score (nSPS) is 11.2. The lowest BCUT2D eigenvalue weighted by molar-refractivity contribution is 1.18. The molecule has 0 aliphatic rings. The maximum absolute atomic E-state index is 2.47. The SMILES string of the molecule is c1ccc(-c2ccc(-c3ccccc3-n3c4ccccc4c4ccc(N(c5ccc(-c6ccccc6)cc5)c5c(-c6ccccc6)cccc5-c5ccccc5)cc43)cc2)cc1. The van der Waals surface area contributed by atoms with Gasteiger partial charge in [-0.2, -0.15) is 0 Å². The lowest BCUT2D eigenvalue weighted by Gasteiger charge is -2.31. The van der Waals surface area contributed by atoms with E-state index in [1.54, 1.807) is 0 Å². The van der Waals surface area contributed by atoms with Gasteiger partial charge in [0.2, 0.25) is 0 Å². The number of hydrogen-bond donors (Lipinski definition) is 0. The number of fused-ring (bicyclic) bond motifs is 3. The van der Waals surface area contributed by atoms with Crippen LogP contribution >= 0.6 is 0 Å². The molecule has 0 saturated heterocycles. The van der Waals surface area contributed by atoms with Gasteiger partial charge in [0.1, 0.15) is 0 Å². The van der Waals surface area contributed by atoms with Crippen LogP contribution in [0.15, 0.2) is 255 Å². The van der Waals surface area contributed by atoms with Crippen LogP contribution in [0, 0.1) is 0 Å². The molecule has 0 aliphatic carbocycles. The lowest BCUT2D eigenvalue weighted by Crippen LogP contribution is -2.13. The molecule has 0 radical (unpaired) electrons. The van der Waals surface area contributed by atoms with E-state index in [1.807, 2.05) is 0 Å². The van der Waals surface area contributed by atoms with Crippen molar-refractivity contribution in [3.05, 3.63) is 255 Å². The van der Waals surface area contributed by atoms with Crippen molar-refractivity contribution in [1.29, 1.82) is 0 Å². The molecule has 0 fully saturated rings. The van der Waals surface area contributed by atoms with Crippen LogP contribution in [0.2, 0.25) is 0 Å². The fourth-order valence-electron chi connectivity index (χ4n) is 9.07. The van der Waals surface area contributed by atoms with Crippen LogP contribution in [0.4, 0.5) is 17.1 Å². The molecule has 0 N–H and O–H groups in total. The Morgan fingerprint density at radius 3 is 1.26 bits per heavy atom. The molecule has 1 aromatic heterocycles. The van der Waals surface area contributed by atoms with Crippen LogP contribution in [0.25, 0.3) is 83.1 Å². The molecule has 0 spiro atoms. The summed E-state index contributed by atoms with van der Waals surface area (Å²) in [6.45, 7) is 0. The summed E-state index contributed by atoms with van der Waals surface area (Å²) in [6, 6.07) is 92.2. The molecule has 292 valence electrons. The second kappa shape index (κ2) is 16.1. The number of rotatable bonds is 9.